The summed E-state index contributed by atoms with van der Waals surface area (Å²) in [5.41, 5.74) is 3.15. The topological polar surface area (TPSA) is 75.2 Å². The average Bonchev–Trinajstić information content (AvgIpc) is 2.82. The lowest BCUT2D eigenvalue weighted by molar-refractivity contribution is 0.122. The van der Waals surface area contributed by atoms with E-state index in [9.17, 15) is 0 Å². The molecule has 0 amide bonds. The first kappa shape index (κ1) is 19.3. The zero-order valence-corrected chi connectivity index (χ0v) is 17.4. The van der Waals surface area contributed by atoms with Crippen LogP contribution in [0.3, 0.4) is 0 Å². The second kappa shape index (κ2) is 8.57. The van der Waals surface area contributed by atoms with E-state index in [0.29, 0.717) is 5.95 Å². The van der Waals surface area contributed by atoms with Crippen LogP contribution in [0.25, 0.3) is 10.8 Å². The molecular formula is C24H24N6O. The van der Waals surface area contributed by atoms with Crippen LogP contribution >= 0.6 is 0 Å². The van der Waals surface area contributed by atoms with Gasteiger partial charge in [-0.2, -0.15) is 4.98 Å². The Bertz CT molecular complexity index is 1180. The lowest BCUT2D eigenvalue weighted by Crippen LogP contribution is -2.36. The lowest BCUT2D eigenvalue weighted by atomic mass is 10.1. The first-order chi connectivity index (χ1) is 15.3. The summed E-state index contributed by atoms with van der Waals surface area (Å²) in [6.07, 6.45) is 3.60. The van der Waals surface area contributed by atoms with E-state index in [1.54, 1.807) is 6.20 Å². The van der Waals surface area contributed by atoms with Gasteiger partial charge in [-0.05, 0) is 42.6 Å². The smallest absolute Gasteiger partial charge is 0.230 e. The first-order valence-corrected chi connectivity index (χ1v) is 10.4. The summed E-state index contributed by atoms with van der Waals surface area (Å²) in [5, 5.41) is 8.82. The molecule has 0 bridgehead atoms. The van der Waals surface area contributed by atoms with Crippen molar-refractivity contribution in [3.05, 3.63) is 72.6 Å². The number of hydrogen-bond donors (Lipinski definition) is 2. The summed E-state index contributed by atoms with van der Waals surface area (Å²) in [6, 6.07) is 18.5. The molecule has 31 heavy (non-hydrogen) atoms. The highest BCUT2D eigenvalue weighted by atomic mass is 16.5. The maximum atomic E-state index is 5.44. The first-order valence-electron chi connectivity index (χ1n) is 10.4. The molecule has 1 fully saturated rings. The Labute approximate surface area is 181 Å². The van der Waals surface area contributed by atoms with Gasteiger partial charge in [0.05, 0.1) is 13.2 Å². The number of nitrogens with zero attached hydrogens (tertiary/aromatic N) is 4. The molecule has 2 aromatic carbocycles. The number of ether oxygens (including phenoxy) is 1. The van der Waals surface area contributed by atoms with Crippen molar-refractivity contribution in [3.63, 3.8) is 0 Å². The van der Waals surface area contributed by atoms with E-state index < -0.39 is 0 Å². The second-order valence-corrected chi connectivity index (χ2v) is 7.50. The Morgan fingerprint density at radius 3 is 2.52 bits per heavy atom. The van der Waals surface area contributed by atoms with Crippen molar-refractivity contribution in [1.82, 2.24) is 15.0 Å². The van der Waals surface area contributed by atoms with Crippen LogP contribution in [0.4, 0.5) is 29.0 Å². The summed E-state index contributed by atoms with van der Waals surface area (Å²) in [4.78, 5) is 15.9. The molecule has 5 rings (SSSR count). The fourth-order valence-electron chi connectivity index (χ4n) is 3.67. The highest BCUT2D eigenvalue weighted by Crippen LogP contribution is 2.26. The number of anilines is 5. The molecule has 2 N–H and O–H groups in total. The van der Waals surface area contributed by atoms with Crippen LogP contribution < -0.4 is 15.5 Å². The number of aryl methyl sites for hydroxylation is 1. The van der Waals surface area contributed by atoms with E-state index in [1.165, 1.54) is 5.69 Å². The Morgan fingerprint density at radius 2 is 1.68 bits per heavy atom. The summed E-state index contributed by atoms with van der Waals surface area (Å²) >= 11 is 0. The van der Waals surface area contributed by atoms with Gasteiger partial charge < -0.3 is 20.3 Å². The molecule has 2 aromatic heterocycles. The predicted molar refractivity (Wildman–Crippen MR) is 125 cm³/mol. The third-order valence-electron chi connectivity index (χ3n) is 5.38. The largest absolute Gasteiger partial charge is 0.378 e. The molecule has 7 heteroatoms. The van der Waals surface area contributed by atoms with Crippen molar-refractivity contribution < 1.29 is 4.74 Å². The molecule has 0 saturated carbocycles. The molecule has 7 nitrogen and oxygen atoms in total. The van der Waals surface area contributed by atoms with E-state index in [0.717, 1.165) is 60.0 Å². The van der Waals surface area contributed by atoms with E-state index in [2.05, 4.69) is 60.8 Å². The van der Waals surface area contributed by atoms with Crippen LogP contribution in [0.2, 0.25) is 0 Å². The number of aromatic nitrogens is 3. The van der Waals surface area contributed by atoms with Gasteiger partial charge in [-0.15, -0.1) is 0 Å². The number of pyridine rings is 1. The number of fused-ring (bicyclic) bond motifs is 1. The van der Waals surface area contributed by atoms with Gasteiger partial charge in [0.15, 0.2) is 0 Å². The van der Waals surface area contributed by atoms with Crippen LogP contribution in [0.15, 0.2) is 67.0 Å². The number of morpholine rings is 1. The zero-order chi connectivity index (χ0) is 21.0. The standard InChI is InChI=1S/C24H24N6O/c1-17-16-26-24(29-23-21-5-3-2-4-18(21)10-11-25-23)28-22(17)27-19-6-8-20(9-7-19)30-12-14-31-15-13-30/h2-11,16H,12-15H2,1H3,(H2,25,26,27,28,29). The van der Waals surface area contributed by atoms with E-state index >= 15 is 0 Å². The van der Waals surface area contributed by atoms with Crippen LogP contribution in [-0.4, -0.2) is 41.3 Å². The van der Waals surface area contributed by atoms with Gasteiger partial charge in [-0.25, -0.2) is 9.97 Å². The van der Waals surface area contributed by atoms with E-state index in [4.69, 9.17) is 4.74 Å². The van der Waals surface area contributed by atoms with Gasteiger partial charge in [0.25, 0.3) is 0 Å². The normalized spacial score (nSPS) is 13.9. The summed E-state index contributed by atoms with van der Waals surface area (Å²) in [7, 11) is 0. The highest BCUT2D eigenvalue weighted by molar-refractivity contribution is 5.92. The number of rotatable bonds is 5. The van der Waals surface area contributed by atoms with Crippen LogP contribution in [0, 0.1) is 6.92 Å². The number of nitrogens with one attached hydrogen (secondary N) is 2. The van der Waals surface area contributed by atoms with E-state index in [-0.39, 0.29) is 0 Å². The van der Waals surface area contributed by atoms with Crippen molar-refractivity contribution >= 4 is 39.7 Å². The number of hydrogen-bond acceptors (Lipinski definition) is 7. The third kappa shape index (κ3) is 4.27. The molecule has 0 unspecified atom stereocenters. The fraction of sp³-hybridized carbons (Fsp3) is 0.208. The van der Waals surface area contributed by atoms with Gasteiger partial charge in [-0.3, -0.25) is 0 Å². The quantitative estimate of drug-likeness (QED) is 0.494. The average molecular weight is 412 g/mol. The zero-order valence-electron chi connectivity index (χ0n) is 17.4. The molecule has 4 aromatic rings. The van der Waals surface area contributed by atoms with Crippen LogP contribution in [-0.2, 0) is 4.74 Å². The summed E-state index contributed by atoms with van der Waals surface area (Å²) in [5.74, 6) is 2.00. The van der Waals surface area contributed by atoms with Gasteiger partial charge in [0.2, 0.25) is 5.95 Å². The van der Waals surface area contributed by atoms with Gasteiger partial charge in [0.1, 0.15) is 11.6 Å². The monoisotopic (exact) mass is 412 g/mol. The SMILES string of the molecule is Cc1cnc(Nc2nccc3ccccc23)nc1Nc1ccc(N2CCOCC2)cc1. The predicted octanol–water partition coefficient (Wildman–Crippen LogP) is 4.66. The molecule has 1 saturated heterocycles. The Morgan fingerprint density at radius 1 is 0.871 bits per heavy atom. The van der Waals surface area contributed by atoms with Crippen molar-refractivity contribution in [3.8, 4) is 0 Å². The fourth-order valence-corrected chi connectivity index (χ4v) is 3.67. The van der Waals surface area contributed by atoms with Gasteiger partial charge >= 0.3 is 0 Å². The van der Waals surface area contributed by atoms with Crippen LogP contribution in [0.1, 0.15) is 5.56 Å². The van der Waals surface area contributed by atoms with Crippen molar-refractivity contribution in [2.24, 2.45) is 0 Å². The lowest BCUT2D eigenvalue weighted by Gasteiger charge is -2.28. The molecule has 0 atom stereocenters. The minimum atomic E-state index is 0.502. The molecular weight excluding hydrogens is 388 g/mol. The Hall–Kier alpha value is -3.71. The molecule has 0 aliphatic carbocycles. The number of benzene rings is 2. The van der Waals surface area contributed by atoms with Crippen LogP contribution in [0.5, 0.6) is 0 Å². The third-order valence-corrected chi connectivity index (χ3v) is 5.38. The molecule has 1 aliphatic rings. The van der Waals surface area contributed by atoms with Gasteiger partial charge in [0, 0.05) is 47.8 Å². The summed E-state index contributed by atoms with van der Waals surface area (Å²) < 4.78 is 5.44. The maximum absolute atomic E-state index is 5.44. The summed E-state index contributed by atoms with van der Waals surface area (Å²) in [6.45, 7) is 5.40. The van der Waals surface area contributed by atoms with Crippen molar-refractivity contribution in [1.29, 1.82) is 0 Å². The van der Waals surface area contributed by atoms with Gasteiger partial charge in [-0.1, -0.05) is 24.3 Å². The van der Waals surface area contributed by atoms with Crippen molar-refractivity contribution in [2.75, 3.05) is 41.8 Å². The van der Waals surface area contributed by atoms with E-state index in [1.807, 2.05) is 37.4 Å². The molecule has 156 valence electrons. The maximum Gasteiger partial charge on any atom is 0.230 e. The second-order valence-electron chi connectivity index (χ2n) is 7.50. The minimum absolute atomic E-state index is 0.502. The molecule has 0 radical (unpaired) electrons. The molecule has 3 heterocycles. The highest BCUT2D eigenvalue weighted by Gasteiger charge is 2.12. The molecule has 1 aliphatic heterocycles. The Kier molecular flexibility index (Phi) is 5.33. The Balaban J connectivity index is 1.35. The minimum Gasteiger partial charge on any atom is -0.378 e. The molecule has 0 spiro atoms. The van der Waals surface area contributed by atoms with Crippen molar-refractivity contribution in [2.45, 2.75) is 6.92 Å².